The van der Waals surface area contributed by atoms with Gasteiger partial charge in [-0.2, -0.15) is 13.2 Å². The number of rotatable bonds is 3. The molecule has 4 heterocycles. The maximum absolute atomic E-state index is 13.0. The first-order chi connectivity index (χ1) is 16.4. The third kappa shape index (κ3) is 4.70. The molecule has 2 fully saturated rings. The molecule has 5 rings (SSSR count). The molecule has 2 aliphatic heterocycles. The fourth-order valence-electron chi connectivity index (χ4n) is 4.87. The molecule has 2 aliphatic rings. The topological polar surface area (TPSA) is 52.6 Å². The molecule has 0 unspecified atom stereocenters. The number of fused-ring (bicyclic) bond motifs is 1. The van der Waals surface area contributed by atoms with Crippen LogP contribution in [0.5, 0.6) is 0 Å². The molecule has 6 nitrogen and oxygen atoms in total. The summed E-state index contributed by atoms with van der Waals surface area (Å²) in [7, 11) is 0. The van der Waals surface area contributed by atoms with Crippen molar-refractivity contribution in [1.29, 1.82) is 0 Å². The Morgan fingerprint density at radius 2 is 1.68 bits per heavy atom. The molecule has 1 aromatic carbocycles. The van der Waals surface area contributed by atoms with Gasteiger partial charge in [-0.3, -0.25) is 14.7 Å². The van der Waals surface area contributed by atoms with E-state index < -0.39 is 11.7 Å². The second kappa shape index (κ2) is 9.21. The molecular weight excluding hydrogens is 443 g/mol. The smallest absolute Gasteiger partial charge is 0.354 e. The van der Waals surface area contributed by atoms with Gasteiger partial charge in [0.1, 0.15) is 5.82 Å². The minimum Gasteiger partial charge on any atom is -0.354 e. The number of nitrogens with zero attached hydrogens (tertiary/aromatic N) is 5. The zero-order chi connectivity index (χ0) is 23.7. The number of anilines is 1. The lowest BCUT2D eigenvalue weighted by Crippen LogP contribution is -2.54. The van der Waals surface area contributed by atoms with Crippen LogP contribution in [0, 0.1) is 0 Å². The molecule has 0 radical (unpaired) electrons. The van der Waals surface area contributed by atoms with Crippen LogP contribution in [0.1, 0.15) is 28.8 Å². The Hall–Kier alpha value is -3.20. The molecule has 3 aromatic rings. The minimum atomic E-state index is -4.37. The van der Waals surface area contributed by atoms with Gasteiger partial charge in [-0.1, -0.05) is 12.1 Å². The Balaban J connectivity index is 1.13. The van der Waals surface area contributed by atoms with Gasteiger partial charge in [-0.05, 0) is 43.2 Å². The van der Waals surface area contributed by atoms with Crippen LogP contribution in [-0.4, -0.2) is 71.0 Å². The number of amides is 1. The van der Waals surface area contributed by atoms with Crippen molar-refractivity contribution < 1.29 is 18.0 Å². The summed E-state index contributed by atoms with van der Waals surface area (Å²) in [6, 6.07) is 12.5. The first-order valence-corrected chi connectivity index (χ1v) is 11.5. The number of carbonyl (C=O) groups excluding carboxylic acids is 1. The largest absolute Gasteiger partial charge is 0.417 e. The molecule has 34 heavy (non-hydrogen) atoms. The standard InChI is InChI=1S/C25H26F3N5O/c26-25(27,28)20-5-6-23(30-17-20)32-14-12-31(13-15-32)21-7-10-33(11-8-21)24(34)19-4-3-18-2-1-9-29-22(18)16-19/h1-6,9,16-17,21H,7-8,10-15H2. The number of likely N-dealkylation sites (tertiary alicyclic amines) is 1. The van der Waals surface area contributed by atoms with Gasteiger partial charge in [-0.15, -0.1) is 0 Å². The van der Waals surface area contributed by atoms with Crippen molar-refractivity contribution >= 4 is 22.6 Å². The highest BCUT2D eigenvalue weighted by molar-refractivity contribution is 5.97. The number of piperidine rings is 1. The number of alkyl halides is 3. The van der Waals surface area contributed by atoms with Crippen molar-refractivity contribution in [3.05, 3.63) is 66.0 Å². The second-order valence-electron chi connectivity index (χ2n) is 8.86. The van der Waals surface area contributed by atoms with E-state index in [0.29, 0.717) is 30.5 Å². The van der Waals surface area contributed by atoms with Crippen LogP contribution in [0.3, 0.4) is 0 Å². The van der Waals surface area contributed by atoms with Crippen molar-refractivity contribution in [1.82, 2.24) is 19.8 Å². The predicted molar refractivity (Wildman–Crippen MR) is 124 cm³/mol. The normalized spacial score (nSPS) is 18.4. The van der Waals surface area contributed by atoms with E-state index in [4.69, 9.17) is 0 Å². The summed E-state index contributed by atoms with van der Waals surface area (Å²) in [5.74, 6) is 0.627. The van der Waals surface area contributed by atoms with Crippen LogP contribution in [0.25, 0.3) is 10.9 Å². The zero-order valence-electron chi connectivity index (χ0n) is 18.7. The van der Waals surface area contributed by atoms with E-state index in [2.05, 4.69) is 14.9 Å². The molecule has 1 amide bonds. The number of pyridine rings is 2. The highest BCUT2D eigenvalue weighted by atomic mass is 19.4. The second-order valence-corrected chi connectivity index (χ2v) is 8.86. The number of piperazine rings is 1. The van der Waals surface area contributed by atoms with E-state index in [1.807, 2.05) is 40.1 Å². The average Bonchev–Trinajstić information content (AvgIpc) is 2.88. The SMILES string of the molecule is O=C(c1ccc2cccnc2c1)N1CCC(N2CCN(c3ccc(C(F)(F)F)cn3)CC2)CC1. The fraction of sp³-hybridized carbons (Fsp3) is 0.400. The van der Waals surface area contributed by atoms with Gasteiger partial charge in [0.05, 0.1) is 11.1 Å². The van der Waals surface area contributed by atoms with Crippen LogP contribution in [-0.2, 0) is 6.18 Å². The third-order valence-corrected chi connectivity index (χ3v) is 6.83. The molecule has 0 N–H and O–H groups in total. The summed E-state index contributed by atoms with van der Waals surface area (Å²) in [4.78, 5) is 27.8. The summed E-state index contributed by atoms with van der Waals surface area (Å²) in [6.45, 7) is 4.54. The number of benzene rings is 1. The number of carbonyl (C=O) groups is 1. The summed E-state index contributed by atoms with van der Waals surface area (Å²) < 4.78 is 38.3. The van der Waals surface area contributed by atoms with Crippen molar-refractivity contribution in [2.24, 2.45) is 0 Å². The number of hydrogen-bond acceptors (Lipinski definition) is 5. The number of hydrogen-bond donors (Lipinski definition) is 0. The van der Waals surface area contributed by atoms with Gasteiger partial charge in [0, 0.05) is 68.7 Å². The van der Waals surface area contributed by atoms with Crippen LogP contribution in [0.4, 0.5) is 19.0 Å². The van der Waals surface area contributed by atoms with E-state index >= 15 is 0 Å². The maximum atomic E-state index is 13.0. The predicted octanol–water partition coefficient (Wildman–Crippen LogP) is 4.08. The lowest BCUT2D eigenvalue weighted by Gasteiger charge is -2.43. The van der Waals surface area contributed by atoms with Crippen molar-refractivity contribution in [2.45, 2.75) is 25.1 Å². The van der Waals surface area contributed by atoms with E-state index in [-0.39, 0.29) is 5.91 Å². The molecule has 0 spiro atoms. The Kier molecular flexibility index (Phi) is 6.12. The van der Waals surface area contributed by atoms with Gasteiger partial charge >= 0.3 is 6.18 Å². The van der Waals surface area contributed by atoms with Crippen molar-refractivity contribution in [2.75, 3.05) is 44.2 Å². The van der Waals surface area contributed by atoms with E-state index in [9.17, 15) is 18.0 Å². The summed E-state index contributed by atoms with van der Waals surface area (Å²) in [6.07, 6.45) is 0.0906. The minimum absolute atomic E-state index is 0.0456. The van der Waals surface area contributed by atoms with Gasteiger partial charge in [0.15, 0.2) is 0 Å². The molecular formula is C25H26F3N5O. The summed E-state index contributed by atoms with van der Waals surface area (Å²) >= 11 is 0. The van der Waals surface area contributed by atoms with Gasteiger partial charge < -0.3 is 9.80 Å². The zero-order valence-corrected chi connectivity index (χ0v) is 18.7. The molecule has 0 bridgehead atoms. The molecule has 0 saturated carbocycles. The quantitative estimate of drug-likeness (QED) is 0.579. The Bertz CT molecular complexity index is 1150. The molecule has 178 valence electrons. The van der Waals surface area contributed by atoms with E-state index in [1.54, 1.807) is 6.20 Å². The van der Waals surface area contributed by atoms with Crippen LogP contribution < -0.4 is 4.90 Å². The fourth-order valence-corrected chi connectivity index (χ4v) is 4.87. The van der Waals surface area contributed by atoms with Crippen molar-refractivity contribution in [3.8, 4) is 0 Å². The van der Waals surface area contributed by atoms with Gasteiger partial charge in [0.25, 0.3) is 5.91 Å². The highest BCUT2D eigenvalue weighted by Crippen LogP contribution is 2.30. The summed E-state index contributed by atoms with van der Waals surface area (Å²) in [5, 5.41) is 1.02. The number of aromatic nitrogens is 2. The molecule has 2 aromatic heterocycles. The first kappa shape index (κ1) is 22.6. The number of halogens is 3. The first-order valence-electron chi connectivity index (χ1n) is 11.5. The van der Waals surface area contributed by atoms with E-state index in [1.165, 1.54) is 6.07 Å². The highest BCUT2D eigenvalue weighted by Gasteiger charge is 2.32. The lowest BCUT2D eigenvalue weighted by atomic mass is 10.0. The van der Waals surface area contributed by atoms with Gasteiger partial charge in [-0.25, -0.2) is 4.98 Å². The van der Waals surface area contributed by atoms with Crippen LogP contribution in [0.2, 0.25) is 0 Å². The average molecular weight is 470 g/mol. The monoisotopic (exact) mass is 469 g/mol. The maximum Gasteiger partial charge on any atom is 0.417 e. The summed E-state index contributed by atoms with van der Waals surface area (Å²) in [5.41, 5.74) is 0.766. The van der Waals surface area contributed by atoms with Crippen molar-refractivity contribution in [3.63, 3.8) is 0 Å². The Labute approximate surface area is 196 Å². The molecule has 0 aliphatic carbocycles. The van der Waals surface area contributed by atoms with Crippen LogP contribution in [0.15, 0.2) is 54.9 Å². The molecule has 2 saturated heterocycles. The Morgan fingerprint density at radius 3 is 2.35 bits per heavy atom. The van der Waals surface area contributed by atoms with Gasteiger partial charge in [0.2, 0.25) is 0 Å². The third-order valence-electron chi connectivity index (χ3n) is 6.83. The van der Waals surface area contributed by atoms with E-state index in [0.717, 1.165) is 62.2 Å². The molecule has 9 heteroatoms. The van der Waals surface area contributed by atoms with Crippen LogP contribution >= 0.6 is 0 Å². The molecule has 0 atom stereocenters. The Morgan fingerprint density at radius 1 is 0.912 bits per heavy atom. The lowest BCUT2D eigenvalue weighted by molar-refractivity contribution is -0.137.